The third-order valence-electron chi connectivity index (χ3n) is 2.53. The van der Waals surface area contributed by atoms with Gasteiger partial charge in [0.05, 0.1) is 10.5 Å². The maximum Gasteiger partial charge on any atom is 0.312 e. The van der Waals surface area contributed by atoms with Crippen LogP contribution in [0.4, 0.5) is 5.69 Å². The zero-order valence-corrected chi connectivity index (χ0v) is 10.1. The summed E-state index contributed by atoms with van der Waals surface area (Å²) in [5.41, 5.74) is 5.53. The van der Waals surface area contributed by atoms with Gasteiger partial charge < -0.3 is 10.5 Å². The van der Waals surface area contributed by atoms with Gasteiger partial charge in [-0.25, -0.2) is 0 Å². The Balaban J connectivity index is 2.15. The van der Waals surface area contributed by atoms with Crippen LogP contribution in [0.15, 0.2) is 22.7 Å². The van der Waals surface area contributed by atoms with Gasteiger partial charge in [-0.15, -0.1) is 0 Å². The second kappa shape index (κ2) is 4.03. The van der Waals surface area contributed by atoms with Crippen LogP contribution in [0.1, 0.15) is 12.8 Å². The summed E-state index contributed by atoms with van der Waals surface area (Å²) in [5.74, 6) is 0.268. The van der Waals surface area contributed by atoms with Crippen LogP contribution < -0.4 is 10.5 Å². The van der Waals surface area contributed by atoms with Gasteiger partial charge in [-0.2, -0.15) is 0 Å². The molecule has 0 atom stereocenters. The number of ether oxygens (including phenoxy) is 1. The predicted molar refractivity (Wildman–Crippen MR) is 62.4 cm³/mol. The van der Waals surface area contributed by atoms with Crippen LogP contribution in [-0.4, -0.2) is 17.1 Å². The highest BCUT2D eigenvalue weighted by atomic mass is 79.9. The second-order valence-corrected chi connectivity index (χ2v) is 4.94. The molecule has 0 aliphatic heterocycles. The molecule has 0 spiro atoms. The van der Waals surface area contributed by atoms with Crippen LogP contribution in [-0.2, 0) is 0 Å². The lowest BCUT2D eigenvalue weighted by atomic mass is 10.3. The first-order valence-electron chi connectivity index (χ1n) is 4.86. The average Bonchev–Trinajstić information content (AvgIpc) is 2.95. The number of nitrogens with two attached hydrogens (primary N) is 1. The van der Waals surface area contributed by atoms with E-state index >= 15 is 0 Å². The Kier molecular flexibility index (Phi) is 2.86. The summed E-state index contributed by atoms with van der Waals surface area (Å²) in [7, 11) is 0. The largest absolute Gasteiger partial charge is 0.485 e. The number of rotatable bonds is 4. The van der Waals surface area contributed by atoms with Gasteiger partial charge in [0, 0.05) is 10.5 Å². The molecule has 1 aliphatic rings. The summed E-state index contributed by atoms with van der Waals surface area (Å²) in [6.45, 7) is 0.329. The maximum atomic E-state index is 10.8. The van der Waals surface area contributed by atoms with Gasteiger partial charge in [0.2, 0.25) is 0 Å². The van der Waals surface area contributed by atoms with Crippen molar-refractivity contribution in [1.29, 1.82) is 0 Å². The van der Waals surface area contributed by atoms with Gasteiger partial charge in [-0.05, 0) is 25.0 Å². The molecule has 1 aromatic rings. The van der Waals surface area contributed by atoms with Crippen molar-refractivity contribution in [1.82, 2.24) is 0 Å². The van der Waals surface area contributed by atoms with Crippen molar-refractivity contribution in [2.24, 2.45) is 5.73 Å². The van der Waals surface area contributed by atoms with Crippen molar-refractivity contribution in [2.45, 2.75) is 18.4 Å². The van der Waals surface area contributed by atoms with Crippen molar-refractivity contribution < 1.29 is 9.66 Å². The van der Waals surface area contributed by atoms with Gasteiger partial charge in [-0.3, -0.25) is 10.1 Å². The number of halogens is 1. The third kappa shape index (κ3) is 2.51. The van der Waals surface area contributed by atoms with Crippen molar-refractivity contribution in [3.05, 3.63) is 32.8 Å². The van der Waals surface area contributed by atoms with Gasteiger partial charge in [-0.1, -0.05) is 15.9 Å². The minimum atomic E-state index is -0.462. The maximum absolute atomic E-state index is 10.8. The van der Waals surface area contributed by atoms with E-state index < -0.39 is 4.92 Å². The molecule has 0 saturated heterocycles. The Morgan fingerprint density at radius 3 is 2.81 bits per heavy atom. The summed E-state index contributed by atoms with van der Waals surface area (Å²) in [6.07, 6.45) is 1.83. The Morgan fingerprint density at radius 2 is 2.25 bits per heavy atom. The molecule has 1 aromatic carbocycles. The van der Waals surface area contributed by atoms with Gasteiger partial charge in [0.25, 0.3) is 0 Å². The smallest absolute Gasteiger partial charge is 0.312 e. The highest BCUT2D eigenvalue weighted by molar-refractivity contribution is 9.10. The molecule has 5 nitrogen and oxygen atoms in total. The molecule has 1 fully saturated rings. The molecule has 16 heavy (non-hydrogen) atoms. The molecule has 0 unspecified atom stereocenters. The van der Waals surface area contributed by atoms with E-state index in [-0.39, 0.29) is 17.0 Å². The number of nitro groups is 1. The first-order valence-corrected chi connectivity index (χ1v) is 5.65. The molecule has 0 aromatic heterocycles. The minimum Gasteiger partial charge on any atom is -0.485 e. The van der Waals surface area contributed by atoms with Crippen LogP contribution in [0, 0.1) is 10.1 Å². The van der Waals surface area contributed by atoms with Crippen molar-refractivity contribution in [2.75, 3.05) is 6.61 Å². The van der Waals surface area contributed by atoms with E-state index in [1.54, 1.807) is 12.1 Å². The van der Waals surface area contributed by atoms with E-state index in [0.29, 0.717) is 11.1 Å². The molecule has 86 valence electrons. The van der Waals surface area contributed by atoms with Crippen molar-refractivity contribution in [3.8, 4) is 5.75 Å². The third-order valence-corrected chi connectivity index (χ3v) is 3.02. The zero-order chi connectivity index (χ0) is 11.8. The number of hydrogen-bond donors (Lipinski definition) is 1. The normalized spacial score (nSPS) is 16.9. The molecule has 0 radical (unpaired) electrons. The van der Waals surface area contributed by atoms with E-state index in [9.17, 15) is 10.1 Å². The summed E-state index contributed by atoms with van der Waals surface area (Å²) >= 11 is 3.18. The van der Waals surface area contributed by atoms with Crippen molar-refractivity contribution in [3.63, 3.8) is 0 Å². The Bertz CT molecular complexity index is 432. The quantitative estimate of drug-likeness (QED) is 0.680. The molecular formula is C10H11BrN2O3. The fraction of sp³-hybridized carbons (Fsp3) is 0.400. The van der Waals surface area contributed by atoms with Crippen LogP contribution >= 0.6 is 15.9 Å². The molecule has 2 rings (SSSR count). The zero-order valence-electron chi connectivity index (χ0n) is 8.48. The van der Waals surface area contributed by atoms with E-state index in [1.807, 2.05) is 0 Å². The molecule has 1 aliphatic carbocycles. The van der Waals surface area contributed by atoms with Gasteiger partial charge in [0.1, 0.15) is 6.61 Å². The molecule has 0 heterocycles. The lowest BCUT2D eigenvalue weighted by Gasteiger charge is -2.11. The number of nitrogens with zero attached hydrogens (tertiary/aromatic N) is 1. The standard InChI is InChI=1S/C10H11BrN2O3/c11-7-1-2-9(8(5-7)13(14)15)16-6-10(12)3-4-10/h1-2,5H,3-4,6,12H2. The van der Waals surface area contributed by atoms with Crippen LogP contribution in [0.5, 0.6) is 5.75 Å². The molecule has 1 saturated carbocycles. The minimum absolute atomic E-state index is 0.0429. The Labute approximate surface area is 101 Å². The SMILES string of the molecule is NC1(COc2ccc(Br)cc2[N+](=O)[O-])CC1. The molecule has 6 heteroatoms. The second-order valence-electron chi connectivity index (χ2n) is 4.02. The average molecular weight is 287 g/mol. The predicted octanol–water partition coefficient (Wildman–Crippen LogP) is 2.23. The van der Waals surface area contributed by atoms with Gasteiger partial charge >= 0.3 is 5.69 Å². The van der Waals surface area contributed by atoms with E-state index in [1.165, 1.54) is 6.07 Å². The Hall–Kier alpha value is -1.14. The van der Waals surface area contributed by atoms with Gasteiger partial charge in [0.15, 0.2) is 5.75 Å². The summed E-state index contributed by atoms with van der Waals surface area (Å²) in [5, 5.41) is 10.8. The molecule has 0 amide bonds. The number of nitro benzene ring substituents is 1. The lowest BCUT2D eigenvalue weighted by molar-refractivity contribution is -0.386. The van der Waals surface area contributed by atoms with Crippen molar-refractivity contribution >= 4 is 21.6 Å². The molecular weight excluding hydrogens is 276 g/mol. The summed E-state index contributed by atoms with van der Waals surface area (Å²) in [6, 6.07) is 4.71. The molecule has 2 N–H and O–H groups in total. The molecule has 0 bridgehead atoms. The van der Waals surface area contributed by atoms with Crippen LogP contribution in [0.2, 0.25) is 0 Å². The van der Waals surface area contributed by atoms with E-state index in [2.05, 4.69) is 15.9 Å². The summed E-state index contributed by atoms with van der Waals surface area (Å²) in [4.78, 5) is 10.3. The monoisotopic (exact) mass is 286 g/mol. The first-order chi connectivity index (χ1) is 7.50. The fourth-order valence-electron chi connectivity index (χ4n) is 1.28. The topological polar surface area (TPSA) is 78.4 Å². The van der Waals surface area contributed by atoms with Crippen LogP contribution in [0.25, 0.3) is 0 Å². The Morgan fingerprint density at radius 1 is 1.56 bits per heavy atom. The highest BCUT2D eigenvalue weighted by Gasteiger charge is 2.39. The van der Waals surface area contributed by atoms with Crippen LogP contribution in [0.3, 0.4) is 0 Å². The number of hydrogen-bond acceptors (Lipinski definition) is 4. The van der Waals surface area contributed by atoms with E-state index in [4.69, 9.17) is 10.5 Å². The first kappa shape index (κ1) is 11.3. The fourth-order valence-corrected chi connectivity index (χ4v) is 1.63. The highest BCUT2D eigenvalue weighted by Crippen LogP contribution is 2.35. The van der Waals surface area contributed by atoms with E-state index in [0.717, 1.165) is 12.8 Å². The lowest BCUT2D eigenvalue weighted by Crippen LogP contribution is -2.29. The number of benzene rings is 1. The summed E-state index contributed by atoms with van der Waals surface area (Å²) < 4.78 is 6.05.